The molecule has 5 nitrogen and oxygen atoms in total. The number of carbonyl (C=O) groups is 1. The Morgan fingerprint density at radius 2 is 1.70 bits per heavy atom. The molecule has 0 aliphatic rings. The lowest BCUT2D eigenvalue weighted by Crippen LogP contribution is -2.40. The quantitative estimate of drug-likeness (QED) is 0.781. The molecule has 23 heavy (non-hydrogen) atoms. The zero-order valence-electron chi connectivity index (χ0n) is 11.1. The summed E-state index contributed by atoms with van der Waals surface area (Å²) in [6, 6.07) is 2.69. The molecular weight excluding hydrogens is 354 g/mol. The van der Waals surface area contributed by atoms with Gasteiger partial charge < -0.3 is 5.32 Å². The number of nitrogens with one attached hydrogen (secondary N) is 2. The Balaban J connectivity index is 2.75. The van der Waals surface area contributed by atoms with E-state index in [0.29, 0.717) is 12.1 Å². The highest BCUT2D eigenvalue weighted by atomic mass is 32.2. The highest BCUT2D eigenvalue weighted by molar-refractivity contribution is 7.89. The van der Waals surface area contributed by atoms with Crippen molar-refractivity contribution >= 4 is 15.9 Å². The topological polar surface area (TPSA) is 75.3 Å². The molecule has 1 aromatic carbocycles. The smallest absolute Gasteiger partial charge is 0.346 e. The number of carbonyl (C=O) groups excluding carboxylic acids is 1. The lowest BCUT2D eigenvalue weighted by molar-refractivity contribution is -0.137. The van der Waals surface area contributed by atoms with Crippen LogP contribution in [0, 0.1) is 0 Å². The highest BCUT2D eigenvalue weighted by Gasteiger charge is 2.32. The Bertz CT molecular complexity index is 669. The SMILES string of the molecule is O=C(CNS(=O)(=O)c1cccc(C(F)(F)F)c1)NCC(F)(F)F. The zero-order valence-corrected chi connectivity index (χ0v) is 11.9. The van der Waals surface area contributed by atoms with E-state index in [4.69, 9.17) is 0 Å². The lowest BCUT2D eigenvalue weighted by Gasteiger charge is -2.11. The van der Waals surface area contributed by atoms with Crippen LogP contribution in [0.1, 0.15) is 5.56 Å². The number of hydrogen-bond donors (Lipinski definition) is 2. The Kier molecular flexibility index (Phi) is 5.64. The van der Waals surface area contributed by atoms with Crippen LogP contribution in [0.3, 0.4) is 0 Å². The molecule has 1 aromatic rings. The molecule has 0 bridgehead atoms. The van der Waals surface area contributed by atoms with Gasteiger partial charge in [-0.05, 0) is 18.2 Å². The van der Waals surface area contributed by atoms with Gasteiger partial charge in [0, 0.05) is 0 Å². The van der Waals surface area contributed by atoms with Crippen LogP contribution in [0.5, 0.6) is 0 Å². The van der Waals surface area contributed by atoms with Crippen molar-refractivity contribution in [3.05, 3.63) is 29.8 Å². The standard InChI is InChI=1S/C11H10F6N2O3S/c12-10(13,14)6-18-9(20)5-19-23(21,22)8-3-1-2-7(4-8)11(15,16)17/h1-4,19H,5-6H2,(H,18,20). The molecule has 0 spiro atoms. The first kappa shape index (κ1) is 19.2. The molecule has 1 amide bonds. The van der Waals surface area contributed by atoms with E-state index in [1.807, 2.05) is 0 Å². The fourth-order valence-electron chi connectivity index (χ4n) is 1.34. The van der Waals surface area contributed by atoms with Gasteiger partial charge in [-0.15, -0.1) is 0 Å². The van der Waals surface area contributed by atoms with Crippen LogP contribution < -0.4 is 10.0 Å². The highest BCUT2D eigenvalue weighted by Crippen LogP contribution is 2.30. The van der Waals surface area contributed by atoms with Gasteiger partial charge in [-0.1, -0.05) is 6.07 Å². The molecule has 12 heteroatoms. The fourth-order valence-corrected chi connectivity index (χ4v) is 2.37. The van der Waals surface area contributed by atoms with Crippen molar-refractivity contribution in [1.29, 1.82) is 0 Å². The van der Waals surface area contributed by atoms with Crippen LogP contribution >= 0.6 is 0 Å². The van der Waals surface area contributed by atoms with E-state index in [9.17, 15) is 39.6 Å². The number of hydrogen-bond acceptors (Lipinski definition) is 3. The summed E-state index contributed by atoms with van der Waals surface area (Å²) < 4.78 is 98.1. The van der Waals surface area contributed by atoms with Gasteiger partial charge in [0.25, 0.3) is 0 Å². The van der Waals surface area contributed by atoms with E-state index in [2.05, 4.69) is 0 Å². The van der Waals surface area contributed by atoms with E-state index in [1.54, 1.807) is 4.72 Å². The zero-order chi connectivity index (χ0) is 17.9. The van der Waals surface area contributed by atoms with Gasteiger partial charge in [0.1, 0.15) is 6.54 Å². The summed E-state index contributed by atoms with van der Waals surface area (Å²) in [5.74, 6) is -1.28. The van der Waals surface area contributed by atoms with Gasteiger partial charge in [-0.3, -0.25) is 4.79 Å². The third kappa shape index (κ3) is 6.44. The second-order valence-electron chi connectivity index (χ2n) is 4.24. The average Bonchev–Trinajstić information content (AvgIpc) is 2.41. The predicted octanol–water partition coefficient (Wildman–Crippen LogP) is 1.66. The molecule has 0 unspecified atom stereocenters. The van der Waals surface area contributed by atoms with Gasteiger partial charge in [0.2, 0.25) is 15.9 Å². The van der Waals surface area contributed by atoms with Gasteiger partial charge in [-0.25, -0.2) is 13.1 Å². The third-order valence-electron chi connectivity index (χ3n) is 2.38. The minimum Gasteiger partial charge on any atom is -0.346 e. The predicted molar refractivity (Wildman–Crippen MR) is 65.7 cm³/mol. The van der Waals surface area contributed by atoms with Crippen LogP contribution in [0.25, 0.3) is 0 Å². The Morgan fingerprint density at radius 3 is 2.22 bits per heavy atom. The number of alkyl halides is 6. The second kappa shape index (κ2) is 6.74. The number of sulfonamides is 1. The van der Waals surface area contributed by atoms with E-state index in [1.165, 1.54) is 5.32 Å². The monoisotopic (exact) mass is 364 g/mol. The van der Waals surface area contributed by atoms with E-state index in [0.717, 1.165) is 12.1 Å². The summed E-state index contributed by atoms with van der Waals surface area (Å²) in [5, 5.41) is 1.41. The lowest BCUT2D eigenvalue weighted by atomic mass is 10.2. The van der Waals surface area contributed by atoms with Gasteiger partial charge >= 0.3 is 12.4 Å². The van der Waals surface area contributed by atoms with Gasteiger partial charge in [0.05, 0.1) is 17.0 Å². The molecule has 0 fully saturated rings. The van der Waals surface area contributed by atoms with Crippen molar-refractivity contribution in [3.8, 4) is 0 Å². The van der Waals surface area contributed by atoms with Crippen molar-refractivity contribution in [2.45, 2.75) is 17.2 Å². The molecule has 0 radical (unpaired) electrons. The first-order valence-electron chi connectivity index (χ1n) is 5.82. The Morgan fingerprint density at radius 1 is 1.09 bits per heavy atom. The summed E-state index contributed by atoms with van der Waals surface area (Å²) in [6.07, 6.45) is -9.44. The molecule has 2 N–H and O–H groups in total. The average molecular weight is 364 g/mol. The van der Waals surface area contributed by atoms with E-state index < -0.39 is 51.8 Å². The maximum absolute atomic E-state index is 12.5. The van der Waals surface area contributed by atoms with Crippen molar-refractivity contribution in [2.24, 2.45) is 0 Å². The summed E-state index contributed by atoms with van der Waals surface area (Å²) >= 11 is 0. The molecule has 0 aliphatic heterocycles. The first-order chi connectivity index (χ1) is 10.3. The molecule has 130 valence electrons. The fraction of sp³-hybridized carbons (Fsp3) is 0.364. The van der Waals surface area contributed by atoms with Crippen LogP contribution in [0.15, 0.2) is 29.2 Å². The maximum atomic E-state index is 12.5. The molecule has 0 heterocycles. The summed E-state index contributed by atoms with van der Waals surface area (Å²) in [6.45, 7) is -2.70. The minimum absolute atomic E-state index is 0.343. The molecule has 0 atom stereocenters. The minimum atomic E-state index is -4.77. The third-order valence-corrected chi connectivity index (χ3v) is 3.78. The van der Waals surface area contributed by atoms with Crippen molar-refractivity contribution in [1.82, 2.24) is 10.0 Å². The molecule has 0 aliphatic carbocycles. The number of amides is 1. The normalized spacial score (nSPS) is 13.0. The summed E-state index contributed by atoms with van der Waals surface area (Å²) in [5.41, 5.74) is -1.22. The first-order valence-corrected chi connectivity index (χ1v) is 7.30. The summed E-state index contributed by atoms with van der Waals surface area (Å²) in [7, 11) is -4.48. The van der Waals surface area contributed by atoms with Crippen LogP contribution in [-0.2, 0) is 21.0 Å². The van der Waals surface area contributed by atoms with Crippen molar-refractivity contribution in [2.75, 3.05) is 13.1 Å². The van der Waals surface area contributed by atoms with Gasteiger partial charge in [0.15, 0.2) is 0 Å². The van der Waals surface area contributed by atoms with E-state index >= 15 is 0 Å². The molecular formula is C11H10F6N2O3S. The second-order valence-corrected chi connectivity index (χ2v) is 6.01. The largest absolute Gasteiger partial charge is 0.416 e. The summed E-state index contributed by atoms with van der Waals surface area (Å²) in [4.78, 5) is 10.3. The number of halogens is 6. The van der Waals surface area contributed by atoms with Crippen LogP contribution in [-0.4, -0.2) is 33.6 Å². The molecule has 0 saturated heterocycles. The Labute approximate surface area is 126 Å². The maximum Gasteiger partial charge on any atom is 0.416 e. The Hall–Kier alpha value is -1.82. The number of benzene rings is 1. The number of rotatable bonds is 5. The van der Waals surface area contributed by atoms with Gasteiger partial charge in [-0.2, -0.15) is 26.3 Å². The molecule has 1 rings (SSSR count). The van der Waals surface area contributed by atoms with Crippen molar-refractivity contribution < 1.29 is 39.6 Å². The van der Waals surface area contributed by atoms with Crippen LogP contribution in [0.2, 0.25) is 0 Å². The molecule has 0 saturated carbocycles. The van der Waals surface area contributed by atoms with E-state index in [-0.39, 0.29) is 0 Å². The van der Waals surface area contributed by atoms with Crippen LogP contribution in [0.4, 0.5) is 26.3 Å². The molecule has 0 aromatic heterocycles. The van der Waals surface area contributed by atoms with Crippen molar-refractivity contribution in [3.63, 3.8) is 0 Å².